The Morgan fingerprint density at radius 2 is 2.06 bits per heavy atom. The van der Waals surface area contributed by atoms with Crippen molar-refractivity contribution >= 4 is 30.8 Å². The number of carbonyl (C=O) groups excluding carboxylic acids is 1. The Hall–Kier alpha value is -0.0700. The molecule has 1 aliphatic heterocycles. The molecule has 0 saturated carbocycles. The van der Waals surface area contributed by atoms with Crippen LogP contribution in [0, 0.1) is 0 Å². The van der Waals surface area contributed by atoms with E-state index < -0.39 is 5.60 Å². The number of carbonyl (C=O) groups is 1. The molecule has 7 heteroatoms. The highest BCUT2D eigenvalue weighted by Gasteiger charge is 2.23. The molecule has 0 aromatic carbocycles. The Balaban J connectivity index is 0. The van der Waals surface area contributed by atoms with Gasteiger partial charge in [0.05, 0.1) is 13.2 Å². The number of halogens is 2. The summed E-state index contributed by atoms with van der Waals surface area (Å²) in [5, 5.41) is 12.2. The number of piperazine rings is 1. The van der Waals surface area contributed by atoms with Crippen molar-refractivity contribution < 1.29 is 14.6 Å². The molecule has 1 rings (SSSR count). The molecule has 0 radical (unpaired) electrons. The molecule has 110 valence electrons. The van der Waals surface area contributed by atoms with Gasteiger partial charge in [0.25, 0.3) is 0 Å². The molecule has 0 aliphatic carbocycles. The van der Waals surface area contributed by atoms with Crippen LogP contribution in [0.5, 0.6) is 0 Å². The van der Waals surface area contributed by atoms with E-state index in [-0.39, 0.29) is 43.4 Å². The summed E-state index contributed by atoms with van der Waals surface area (Å²) in [5.74, 6) is -0.203. The van der Waals surface area contributed by atoms with Crippen LogP contribution < -0.4 is 5.32 Å². The standard InChI is InChI=1S/C11H22N2O3.2ClH/c1-11(2,3)16-10(15)7-13-5-4-12-9(6-13)8-14;;/h9,12,14H,4-8H2,1-3H3;2*1H/t9-;;/m0../s1. The first-order valence-corrected chi connectivity index (χ1v) is 5.69. The summed E-state index contributed by atoms with van der Waals surface area (Å²) < 4.78 is 5.25. The van der Waals surface area contributed by atoms with Crippen LogP contribution >= 0.6 is 24.8 Å². The molecule has 5 nitrogen and oxygen atoms in total. The van der Waals surface area contributed by atoms with Crippen LogP contribution in [0.25, 0.3) is 0 Å². The fourth-order valence-electron chi connectivity index (χ4n) is 1.72. The van der Waals surface area contributed by atoms with E-state index >= 15 is 0 Å². The summed E-state index contributed by atoms with van der Waals surface area (Å²) in [5.41, 5.74) is -0.429. The molecule has 0 aromatic heterocycles. The number of hydrogen-bond donors (Lipinski definition) is 2. The molecule has 1 heterocycles. The van der Waals surface area contributed by atoms with Gasteiger partial charge in [0.15, 0.2) is 0 Å². The monoisotopic (exact) mass is 302 g/mol. The number of nitrogens with zero attached hydrogens (tertiary/aromatic N) is 1. The quantitative estimate of drug-likeness (QED) is 0.741. The average Bonchev–Trinajstić information content (AvgIpc) is 2.15. The topological polar surface area (TPSA) is 61.8 Å². The van der Waals surface area contributed by atoms with Crippen LogP contribution in [0.3, 0.4) is 0 Å². The number of aliphatic hydroxyl groups excluding tert-OH is 1. The molecule has 1 aliphatic rings. The molecular weight excluding hydrogens is 279 g/mol. The zero-order chi connectivity index (χ0) is 12.2. The molecule has 1 saturated heterocycles. The minimum Gasteiger partial charge on any atom is -0.459 e. The fourth-order valence-corrected chi connectivity index (χ4v) is 1.72. The van der Waals surface area contributed by atoms with Gasteiger partial charge in [-0.15, -0.1) is 24.8 Å². The van der Waals surface area contributed by atoms with Crippen molar-refractivity contribution in [1.82, 2.24) is 10.2 Å². The molecule has 0 unspecified atom stereocenters. The van der Waals surface area contributed by atoms with E-state index in [9.17, 15) is 4.79 Å². The number of nitrogens with one attached hydrogen (secondary N) is 1. The van der Waals surface area contributed by atoms with Gasteiger partial charge < -0.3 is 15.2 Å². The first kappa shape index (κ1) is 20.3. The number of ether oxygens (including phenoxy) is 1. The highest BCUT2D eigenvalue weighted by atomic mass is 35.5. The van der Waals surface area contributed by atoms with Gasteiger partial charge in [-0.25, -0.2) is 0 Å². The van der Waals surface area contributed by atoms with E-state index in [4.69, 9.17) is 9.84 Å². The fraction of sp³-hybridized carbons (Fsp3) is 0.909. The predicted molar refractivity (Wildman–Crippen MR) is 75.7 cm³/mol. The van der Waals surface area contributed by atoms with E-state index in [1.807, 2.05) is 25.7 Å². The predicted octanol–water partition coefficient (Wildman–Crippen LogP) is 0.438. The SMILES string of the molecule is CC(C)(C)OC(=O)CN1CCN[C@H](CO)C1.Cl.Cl. The molecular formula is C11H24Cl2N2O3. The molecule has 1 fully saturated rings. The molecule has 1 atom stereocenters. The third kappa shape index (κ3) is 8.11. The van der Waals surface area contributed by atoms with Crippen molar-refractivity contribution in [3.63, 3.8) is 0 Å². The van der Waals surface area contributed by atoms with E-state index in [1.54, 1.807) is 0 Å². The largest absolute Gasteiger partial charge is 0.459 e. The first-order chi connectivity index (χ1) is 7.40. The number of rotatable bonds is 3. The second kappa shape index (κ2) is 8.93. The third-order valence-electron chi connectivity index (χ3n) is 2.33. The molecule has 18 heavy (non-hydrogen) atoms. The van der Waals surface area contributed by atoms with Gasteiger partial charge >= 0.3 is 5.97 Å². The van der Waals surface area contributed by atoms with Crippen LogP contribution in [-0.2, 0) is 9.53 Å². The summed E-state index contributed by atoms with van der Waals surface area (Å²) in [6.07, 6.45) is 0. The average molecular weight is 303 g/mol. The van der Waals surface area contributed by atoms with Crippen LogP contribution in [-0.4, -0.2) is 60.4 Å². The molecule has 0 aromatic rings. The maximum atomic E-state index is 11.6. The summed E-state index contributed by atoms with van der Waals surface area (Å²) >= 11 is 0. The molecule has 0 spiro atoms. The summed E-state index contributed by atoms with van der Waals surface area (Å²) in [4.78, 5) is 13.6. The minimum absolute atomic E-state index is 0. The van der Waals surface area contributed by atoms with E-state index in [0.717, 1.165) is 13.1 Å². The molecule has 0 bridgehead atoms. The number of aliphatic hydroxyl groups is 1. The zero-order valence-corrected chi connectivity index (χ0v) is 12.8. The number of esters is 1. The molecule has 2 N–H and O–H groups in total. The Kier molecular flexibility index (Phi) is 10.1. The van der Waals surface area contributed by atoms with Crippen molar-refractivity contribution in [3.8, 4) is 0 Å². The number of hydrogen-bond acceptors (Lipinski definition) is 5. The van der Waals surface area contributed by atoms with Gasteiger partial charge in [0, 0.05) is 25.7 Å². The van der Waals surface area contributed by atoms with Gasteiger partial charge in [-0.3, -0.25) is 9.69 Å². The van der Waals surface area contributed by atoms with Gasteiger partial charge in [0.1, 0.15) is 5.60 Å². The normalized spacial score (nSPS) is 20.6. The third-order valence-corrected chi connectivity index (χ3v) is 2.33. The van der Waals surface area contributed by atoms with Crippen molar-refractivity contribution in [2.45, 2.75) is 32.4 Å². The van der Waals surface area contributed by atoms with Gasteiger partial charge in [-0.1, -0.05) is 0 Å². The Bertz CT molecular complexity index is 247. The first-order valence-electron chi connectivity index (χ1n) is 5.69. The maximum absolute atomic E-state index is 11.6. The highest BCUT2D eigenvalue weighted by Crippen LogP contribution is 2.08. The van der Waals surface area contributed by atoms with Crippen LogP contribution in [0.4, 0.5) is 0 Å². The van der Waals surface area contributed by atoms with Crippen molar-refractivity contribution in [3.05, 3.63) is 0 Å². The second-order valence-corrected chi connectivity index (χ2v) is 5.16. The highest BCUT2D eigenvalue weighted by molar-refractivity contribution is 5.85. The van der Waals surface area contributed by atoms with E-state index in [2.05, 4.69) is 5.32 Å². The lowest BCUT2D eigenvalue weighted by Gasteiger charge is -2.32. The van der Waals surface area contributed by atoms with Crippen molar-refractivity contribution in [2.24, 2.45) is 0 Å². The summed E-state index contributed by atoms with van der Waals surface area (Å²) in [7, 11) is 0. The summed E-state index contributed by atoms with van der Waals surface area (Å²) in [6.45, 7) is 8.29. The maximum Gasteiger partial charge on any atom is 0.320 e. The van der Waals surface area contributed by atoms with Gasteiger partial charge in [-0.05, 0) is 20.8 Å². The van der Waals surface area contributed by atoms with Crippen molar-refractivity contribution in [2.75, 3.05) is 32.8 Å². The van der Waals surface area contributed by atoms with Crippen molar-refractivity contribution in [1.29, 1.82) is 0 Å². The Morgan fingerprint density at radius 1 is 1.44 bits per heavy atom. The van der Waals surface area contributed by atoms with Crippen LogP contribution in [0.2, 0.25) is 0 Å². The van der Waals surface area contributed by atoms with Crippen LogP contribution in [0.15, 0.2) is 0 Å². The van der Waals surface area contributed by atoms with E-state index in [1.165, 1.54) is 0 Å². The Morgan fingerprint density at radius 3 is 2.56 bits per heavy atom. The second-order valence-electron chi connectivity index (χ2n) is 5.16. The zero-order valence-electron chi connectivity index (χ0n) is 11.1. The lowest BCUT2D eigenvalue weighted by Crippen LogP contribution is -2.53. The molecule has 0 amide bonds. The summed E-state index contributed by atoms with van der Waals surface area (Å²) in [6, 6.07) is 0.0659. The van der Waals surface area contributed by atoms with E-state index in [0.29, 0.717) is 13.1 Å². The van der Waals surface area contributed by atoms with Gasteiger partial charge in [-0.2, -0.15) is 0 Å². The lowest BCUT2D eigenvalue weighted by molar-refractivity contribution is -0.156. The minimum atomic E-state index is -0.429. The Labute approximate surface area is 121 Å². The van der Waals surface area contributed by atoms with Gasteiger partial charge in [0.2, 0.25) is 0 Å². The van der Waals surface area contributed by atoms with Crippen LogP contribution in [0.1, 0.15) is 20.8 Å². The smallest absolute Gasteiger partial charge is 0.320 e. The lowest BCUT2D eigenvalue weighted by atomic mass is 10.2.